The van der Waals surface area contributed by atoms with E-state index in [0.29, 0.717) is 11.3 Å². The van der Waals surface area contributed by atoms with Crippen LogP contribution in [-0.4, -0.2) is 25.8 Å². The lowest BCUT2D eigenvalue weighted by Crippen LogP contribution is -2.18. The Labute approximate surface area is 156 Å². The number of aryl methyl sites for hydroxylation is 2. The standard InChI is InChI=1S/C21H20O6/c1-14-3-5-16(6-4-14)24-9-10-25-21(23)13-26-17-7-8-18-15(2)11-20(22)27-19(18)12-17/h3-8,11-12H,9-10,13H2,1-2H3. The van der Waals surface area contributed by atoms with Gasteiger partial charge in [-0.25, -0.2) is 9.59 Å². The van der Waals surface area contributed by atoms with Gasteiger partial charge in [0.2, 0.25) is 0 Å². The maximum absolute atomic E-state index is 11.8. The first-order valence-corrected chi connectivity index (χ1v) is 8.54. The molecule has 0 aliphatic rings. The van der Waals surface area contributed by atoms with Crippen LogP contribution in [0.15, 0.2) is 57.7 Å². The first-order valence-electron chi connectivity index (χ1n) is 8.54. The molecular formula is C21H20O6. The summed E-state index contributed by atoms with van der Waals surface area (Å²) < 4.78 is 21.1. The summed E-state index contributed by atoms with van der Waals surface area (Å²) in [6.45, 7) is 3.97. The molecule has 0 saturated carbocycles. The van der Waals surface area contributed by atoms with E-state index in [4.69, 9.17) is 18.6 Å². The molecule has 1 heterocycles. The van der Waals surface area contributed by atoms with Gasteiger partial charge in [-0.05, 0) is 43.7 Å². The zero-order chi connectivity index (χ0) is 19.2. The molecule has 6 heteroatoms. The number of rotatable bonds is 7. The van der Waals surface area contributed by atoms with Gasteiger partial charge in [0.25, 0.3) is 0 Å². The van der Waals surface area contributed by atoms with Crippen LogP contribution in [0.3, 0.4) is 0 Å². The molecule has 0 radical (unpaired) electrons. The second kappa shape index (κ2) is 8.40. The molecule has 0 aliphatic carbocycles. The number of ether oxygens (including phenoxy) is 3. The summed E-state index contributed by atoms with van der Waals surface area (Å²) in [7, 11) is 0. The molecule has 6 nitrogen and oxygen atoms in total. The zero-order valence-corrected chi connectivity index (χ0v) is 15.2. The van der Waals surface area contributed by atoms with Gasteiger partial charge in [-0.2, -0.15) is 0 Å². The van der Waals surface area contributed by atoms with E-state index in [2.05, 4.69) is 0 Å². The lowest BCUT2D eigenvalue weighted by Gasteiger charge is -2.09. The van der Waals surface area contributed by atoms with Crippen molar-refractivity contribution in [1.29, 1.82) is 0 Å². The highest BCUT2D eigenvalue weighted by Crippen LogP contribution is 2.22. The first kappa shape index (κ1) is 18.5. The average Bonchev–Trinajstić information content (AvgIpc) is 2.64. The highest BCUT2D eigenvalue weighted by Gasteiger charge is 2.07. The van der Waals surface area contributed by atoms with E-state index in [1.54, 1.807) is 18.2 Å². The number of carbonyl (C=O) groups is 1. The van der Waals surface area contributed by atoms with Gasteiger partial charge in [0, 0.05) is 17.5 Å². The van der Waals surface area contributed by atoms with Crippen LogP contribution in [0.2, 0.25) is 0 Å². The topological polar surface area (TPSA) is 75.0 Å². The number of hydrogen-bond acceptors (Lipinski definition) is 6. The van der Waals surface area contributed by atoms with E-state index in [9.17, 15) is 9.59 Å². The summed E-state index contributed by atoms with van der Waals surface area (Å²) in [4.78, 5) is 23.2. The molecule has 1 aromatic heterocycles. The maximum Gasteiger partial charge on any atom is 0.344 e. The van der Waals surface area contributed by atoms with Crippen LogP contribution >= 0.6 is 0 Å². The Hall–Kier alpha value is -3.28. The molecule has 0 spiro atoms. The van der Waals surface area contributed by atoms with Gasteiger partial charge >= 0.3 is 11.6 Å². The fourth-order valence-electron chi connectivity index (χ4n) is 2.53. The number of esters is 1. The molecule has 0 amide bonds. The Kier molecular flexibility index (Phi) is 5.76. The summed E-state index contributed by atoms with van der Waals surface area (Å²) in [5.74, 6) is 0.637. The molecule has 3 rings (SSSR count). The van der Waals surface area contributed by atoms with Crippen molar-refractivity contribution in [2.24, 2.45) is 0 Å². The summed E-state index contributed by atoms with van der Waals surface area (Å²) in [5, 5.41) is 0.817. The van der Waals surface area contributed by atoms with E-state index in [1.165, 1.54) is 6.07 Å². The molecule has 0 unspecified atom stereocenters. The lowest BCUT2D eigenvalue weighted by atomic mass is 10.1. The Balaban J connectivity index is 1.45. The molecule has 0 N–H and O–H groups in total. The van der Waals surface area contributed by atoms with Crippen molar-refractivity contribution in [3.05, 3.63) is 70.1 Å². The zero-order valence-electron chi connectivity index (χ0n) is 15.2. The van der Waals surface area contributed by atoms with Crippen LogP contribution in [-0.2, 0) is 9.53 Å². The number of carbonyl (C=O) groups excluding carboxylic acids is 1. The van der Waals surface area contributed by atoms with E-state index in [1.807, 2.05) is 38.1 Å². The normalized spacial score (nSPS) is 10.6. The molecule has 140 valence electrons. The van der Waals surface area contributed by atoms with Crippen molar-refractivity contribution in [2.45, 2.75) is 13.8 Å². The highest BCUT2D eigenvalue weighted by molar-refractivity contribution is 5.81. The average molecular weight is 368 g/mol. The van der Waals surface area contributed by atoms with E-state index >= 15 is 0 Å². The molecule has 0 atom stereocenters. The quantitative estimate of drug-likeness (QED) is 0.361. The third-order valence-corrected chi connectivity index (χ3v) is 3.92. The predicted molar refractivity (Wildman–Crippen MR) is 100 cm³/mol. The number of fused-ring (bicyclic) bond motifs is 1. The second-order valence-electron chi connectivity index (χ2n) is 6.08. The van der Waals surface area contributed by atoms with Gasteiger partial charge in [-0.3, -0.25) is 0 Å². The van der Waals surface area contributed by atoms with Crippen molar-refractivity contribution in [2.75, 3.05) is 19.8 Å². The minimum Gasteiger partial charge on any atom is -0.490 e. The van der Waals surface area contributed by atoms with Crippen LogP contribution in [0.25, 0.3) is 11.0 Å². The van der Waals surface area contributed by atoms with Gasteiger partial charge in [0.15, 0.2) is 6.61 Å². The Morgan fingerprint density at radius 3 is 2.44 bits per heavy atom. The van der Waals surface area contributed by atoms with E-state index < -0.39 is 11.6 Å². The van der Waals surface area contributed by atoms with Gasteiger partial charge in [-0.15, -0.1) is 0 Å². The first-order chi connectivity index (χ1) is 13.0. The predicted octanol–water partition coefficient (Wildman–Crippen LogP) is 3.41. The maximum atomic E-state index is 11.8. The number of benzene rings is 2. The van der Waals surface area contributed by atoms with Gasteiger partial charge in [-0.1, -0.05) is 17.7 Å². The third-order valence-electron chi connectivity index (χ3n) is 3.92. The second-order valence-corrected chi connectivity index (χ2v) is 6.08. The monoisotopic (exact) mass is 368 g/mol. The molecule has 0 aliphatic heterocycles. The largest absolute Gasteiger partial charge is 0.490 e. The molecule has 0 saturated heterocycles. The van der Waals surface area contributed by atoms with Crippen molar-refractivity contribution >= 4 is 16.9 Å². The molecule has 27 heavy (non-hydrogen) atoms. The summed E-state index contributed by atoms with van der Waals surface area (Å²) in [6, 6.07) is 14.1. The fraction of sp³-hybridized carbons (Fsp3) is 0.238. The molecular weight excluding hydrogens is 348 g/mol. The Bertz CT molecular complexity index is 988. The SMILES string of the molecule is Cc1ccc(OCCOC(=O)COc2ccc3c(C)cc(=O)oc3c2)cc1. The van der Waals surface area contributed by atoms with Crippen LogP contribution in [0.1, 0.15) is 11.1 Å². The van der Waals surface area contributed by atoms with E-state index in [-0.39, 0.29) is 19.8 Å². The van der Waals surface area contributed by atoms with Crippen molar-refractivity contribution < 1.29 is 23.4 Å². The summed E-state index contributed by atoms with van der Waals surface area (Å²) >= 11 is 0. The molecule has 3 aromatic rings. The fourth-order valence-corrected chi connectivity index (χ4v) is 2.53. The van der Waals surface area contributed by atoms with Crippen molar-refractivity contribution in [3.8, 4) is 11.5 Å². The van der Waals surface area contributed by atoms with Gasteiger partial charge < -0.3 is 18.6 Å². The highest BCUT2D eigenvalue weighted by atomic mass is 16.6. The summed E-state index contributed by atoms with van der Waals surface area (Å²) in [6.07, 6.45) is 0. The van der Waals surface area contributed by atoms with Crippen molar-refractivity contribution in [3.63, 3.8) is 0 Å². The Morgan fingerprint density at radius 2 is 1.67 bits per heavy atom. The van der Waals surface area contributed by atoms with Crippen LogP contribution in [0.4, 0.5) is 0 Å². The van der Waals surface area contributed by atoms with Crippen molar-refractivity contribution in [1.82, 2.24) is 0 Å². The van der Waals surface area contributed by atoms with Gasteiger partial charge in [0.05, 0.1) is 0 Å². The molecule has 0 fully saturated rings. The lowest BCUT2D eigenvalue weighted by molar-refractivity contribution is -0.146. The minimum absolute atomic E-state index is 0.127. The van der Waals surface area contributed by atoms with Crippen LogP contribution in [0, 0.1) is 13.8 Å². The smallest absolute Gasteiger partial charge is 0.344 e. The third kappa shape index (κ3) is 5.10. The number of hydrogen-bond donors (Lipinski definition) is 0. The molecule has 2 aromatic carbocycles. The summed E-state index contributed by atoms with van der Waals surface area (Å²) in [5.41, 5.74) is 1.96. The minimum atomic E-state index is -0.506. The van der Waals surface area contributed by atoms with Gasteiger partial charge in [0.1, 0.15) is 30.3 Å². The Morgan fingerprint density at radius 1 is 0.926 bits per heavy atom. The van der Waals surface area contributed by atoms with Crippen LogP contribution in [0.5, 0.6) is 11.5 Å². The van der Waals surface area contributed by atoms with E-state index in [0.717, 1.165) is 22.3 Å². The van der Waals surface area contributed by atoms with Crippen LogP contribution < -0.4 is 15.1 Å². The molecule has 0 bridgehead atoms.